The van der Waals surface area contributed by atoms with E-state index in [2.05, 4.69) is 25.2 Å². The fourth-order valence-corrected chi connectivity index (χ4v) is 2.07. The van der Waals surface area contributed by atoms with Crippen LogP contribution in [0.15, 0.2) is 36.4 Å². The molecule has 0 radical (unpaired) electrons. The normalized spacial score (nSPS) is 9.33. The van der Waals surface area contributed by atoms with Crippen molar-refractivity contribution in [2.75, 3.05) is 5.32 Å². The maximum absolute atomic E-state index is 12.5. The quantitative estimate of drug-likeness (QED) is 0.777. The Morgan fingerprint density at radius 3 is 1.70 bits per heavy atom. The van der Waals surface area contributed by atoms with Gasteiger partial charge in [0.05, 0.1) is 23.3 Å². The molecule has 144 valence electrons. The highest BCUT2D eigenvalue weighted by Crippen LogP contribution is 2.14. The first kappa shape index (κ1) is 24.1. The summed E-state index contributed by atoms with van der Waals surface area (Å²) >= 11 is 0. The maximum atomic E-state index is 12.5. The zero-order valence-corrected chi connectivity index (χ0v) is 17.0. The highest BCUT2D eigenvalue weighted by molar-refractivity contribution is 5.52. The van der Waals surface area contributed by atoms with Crippen molar-refractivity contribution in [1.82, 2.24) is 0 Å². The molecule has 0 fully saturated rings. The number of anilines is 1. The van der Waals surface area contributed by atoms with Crippen LogP contribution in [0.1, 0.15) is 49.9 Å². The first-order chi connectivity index (χ1) is 12.6. The number of halogens is 1. The molecule has 3 N–H and O–H groups in total. The summed E-state index contributed by atoms with van der Waals surface area (Å²) in [5, 5.41) is 20.4. The minimum Gasteiger partial charge on any atom is -0.383 e. The van der Waals surface area contributed by atoms with Crippen molar-refractivity contribution in [1.29, 1.82) is 10.5 Å². The van der Waals surface area contributed by atoms with E-state index in [0.717, 1.165) is 16.8 Å². The molecule has 4 nitrogen and oxygen atoms in total. The first-order valence-corrected chi connectivity index (χ1v) is 8.78. The number of hydrogen-bond donors (Lipinski definition) is 2. The van der Waals surface area contributed by atoms with Gasteiger partial charge in [-0.3, -0.25) is 0 Å². The standard InChI is InChI=1S/C11H14N2.C8H6FN.C3H9N/c1-8(2)13-11-5-9(3)4-10(6-11)7-12;1-6-2-7(5-10)4-8(9)3-6;1-3(2)4/h4-6,8,13H,1-3H3;2-4H,1H3;3H,4H2,1-2H3. The monoisotopic (exact) mass is 368 g/mol. The summed E-state index contributed by atoms with van der Waals surface area (Å²) in [6.45, 7) is 11.8. The lowest BCUT2D eigenvalue weighted by Crippen LogP contribution is -2.09. The molecule has 2 rings (SSSR count). The van der Waals surface area contributed by atoms with Gasteiger partial charge in [-0.25, -0.2) is 4.39 Å². The van der Waals surface area contributed by atoms with Crippen molar-refractivity contribution in [3.63, 3.8) is 0 Å². The van der Waals surface area contributed by atoms with Crippen LogP contribution in [-0.4, -0.2) is 12.1 Å². The molecule has 5 heteroatoms. The molecule has 0 amide bonds. The first-order valence-electron chi connectivity index (χ1n) is 8.78. The molecule has 0 spiro atoms. The van der Waals surface area contributed by atoms with Gasteiger partial charge in [-0.15, -0.1) is 0 Å². The van der Waals surface area contributed by atoms with Gasteiger partial charge in [-0.2, -0.15) is 10.5 Å². The molecule has 0 aliphatic rings. The van der Waals surface area contributed by atoms with Gasteiger partial charge in [-0.1, -0.05) is 13.8 Å². The number of nitrogens with zero attached hydrogens (tertiary/aromatic N) is 2. The molecule has 2 aromatic carbocycles. The van der Waals surface area contributed by atoms with Crippen LogP contribution in [0.2, 0.25) is 0 Å². The van der Waals surface area contributed by atoms with E-state index in [9.17, 15) is 4.39 Å². The Kier molecular flexibility index (Phi) is 11.1. The highest BCUT2D eigenvalue weighted by atomic mass is 19.1. The molecule has 0 atom stereocenters. The Labute approximate surface area is 162 Å². The second kappa shape index (κ2) is 12.5. The van der Waals surface area contributed by atoms with Gasteiger partial charge in [0.25, 0.3) is 0 Å². The van der Waals surface area contributed by atoms with Gasteiger partial charge < -0.3 is 11.1 Å². The third-order valence-corrected chi connectivity index (χ3v) is 2.83. The Morgan fingerprint density at radius 1 is 0.852 bits per heavy atom. The van der Waals surface area contributed by atoms with Gasteiger partial charge in [-0.05, 0) is 81.3 Å². The number of benzene rings is 2. The number of nitriles is 2. The molecule has 0 bridgehead atoms. The fourth-order valence-electron chi connectivity index (χ4n) is 2.07. The molecule has 2 aromatic rings. The largest absolute Gasteiger partial charge is 0.383 e. The van der Waals surface area contributed by atoms with Gasteiger partial charge in [0.15, 0.2) is 0 Å². The Balaban J connectivity index is 0.000000428. The molecular formula is C22H29FN4. The fraction of sp³-hybridized carbons (Fsp3) is 0.364. The zero-order chi connectivity index (χ0) is 21.0. The predicted octanol–water partition coefficient (Wildman–Crippen LogP) is 5.05. The summed E-state index contributed by atoms with van der Waals surface area (Å²) in [4.78, 5) is 0. The van der Waals surface area contributed by atoms with Crippen LogP contribution in [-0.2, 0) is 0 Å². The number of hydrogen-bond acceptors (Lipinski definition) is 4. The second-order valence-electron chi connectivity index (χ2n) is 6.87. The van der Waals surface area contributed by atoms with Gasteiger partial charge >= 0.3 is 0 Å². The van der Waals surface area contributed by atoms with Crippen molar-refractivity contribution >= 4 is 5.69 Å². The van der Waals surface area contributed by atoms with E-state index in [1.54, 1.807) is 13.0 Å². The topological polar surface area (TPSA) is 85.6 Å². The molecule has 0 aliphatic carbocycles. The number of nitrogens with two attached hydrogens (primary N) is 1. The van der Waals surface area contributed by atoms with E-state index in [0.29, 0.717) is 23.2 Å². The molecule has 0 unspecified atom stereocenters. The lowest BCUT2D eigenvalue weighted by atomic mass is 10.1. The summed E-state index contributed by atoms with van der Waals surface area (Å²) in [5.41, 5.74) is 9.10. The van der Waals surface area contributed by atoms with Crippen molar-refractivity contribution in [2.45, 2.75) is 53.6 Å². The predicted molar refractivity (Wildman–Crippen MR) is 110 cm³/mol. The smallest absolute Gasteiger partial charge is 0.124 e. The number of rotatable bonds is 2. The average molecular weight is 369 g/mol. The van der Waals surface area contributed by atoms with Crippen molar-refractivity contribution < 1.29 is 4.39 Å². The lowest BCUT2D eigenvalue weighted by Gasteiger charge is -2.10. The third kappa shape index (κ3) is 12.2. The van der Waals surface area contributed by atoms with Gasteiger partial charge in [0, 0.05) is 11.7 Å². The lowest BCUT2D eigenvalue weighted by molar-refractivity contribution is 0.626. The van der Waals surface area contributed by atoms with Crippen LogP contribution in [0.5, 0.6) is 0 Å². The van der Waals surface area contributed by atoms with Crippen LogP contribution in [0.4, 0.5) is 10.1 Å². The van der Waals surface area contributed by atoms with E-state index < -0.39 is 0 Å². The molecular weight excluding hydrogens is 339 g/mol. The highest BCUT2D eigenvalue weighted by Gasteiger charge is 1.99. The van der Waals surface area contributed by atoms with E-state index in [1.807, 2.05) is 45.0 Å². The molecule has 0 saturated heterocycles. The van der Waals surface area contributed by atoms with Crippen LogP contribution in [0.3, 0.4) is 0 Å². The van der Waals surface area contributed by atoms with E-state index in [4.69, 9.17) is 16.3 Å². The Bertz CT molecular complexity index is 776. The number of aryl methyl sites for hydroxylation is 2. The maximum Gasteiger partial charge on any atom is 0.124 e. The molecule has 0 heterocycles. The summed E-state index contributed by atoms with van der Waals surface area (Å²) in [5.74, 6) is -0.350. The number of nitrogens with one attached hydrogen (secondary N) is 1. The van der Waals surface area contributed by atoms with E-state index >= 15 is 0 Å². The molecule has 0 aliphatic heterocycles. The minimum atomic E-state index is -0.350. The SMILES string of the molecule is CC(C)N.Cc1cc(C#N)cc(NC(C)C)c1.Cc1cc(F)cc(C#N)c1. The van der Waals surface area contributed by atoms with Crippen molar-refractivity contribution in [3.8, 4) is 12.1 Å². The molecule has 0 aromatic heterocycles. The minimum absolute atomic E-state index is 0.333. The molecule has 0 saturated carbocycles. The Morgan fingerprint density at radius 2 is 1.30 bits per heavy atom. The summed E-state index contributed by atoms with van der Waals surface area (Å²) in [7, 11) is 0. The van der Waals surface area contributed by atoms with Crippen LogP contribution in [0, 0.1) is 42.3 Å². The average Bonchev–Trinajstić information content (AvgIpc) is 2.52. The van der Waals surface area contributed by atoms with Crippen molar-refractivity contribution in [2.24, 2.45) is 5.73 Å². The van der Waals surface area contributed by atoms with E-state index in [-0.39, 0.29) is 5.82 Å². The summed E-state index contributed by atoms with van der Waals surface area (Å²) < 4.78 is 12.5. The van der Waals surface area contributed by atoms with Gasteiger partial charge in [0.1, 0.15) is 5.82 Å². The van der Waals surface area contributed by atoms with Crippen LogP contribution >= 0.6 is 0 Å². The second-order valence-corrected chi connectivity index (χ2v) is 6.87. The van der Waals surface area contributed by atoms with E-state index in [1.165, 1.54) is 12.1 Å². The summed E-state index contributed by atoms with van der Waals surface area (Å²) in [6.07, 6.45) is 0. The summed E-state index contributed by atoms with van der Waals surface area (Å²) in [6, 6.07) is 14.8. The molecule has 27 heavy (non-hydrogen) atoms. The van der Waals surface area contributed by atoms with Crippen LogP contribution < -0.4 is 11.1 Å². The van der Waals surface area contributed by atoms with Crippen LogP contribution in [0.25, 0.3) is 0 Å². The van der Waals surface area contributed by atoms with Crippen molar-refractivity contribution in [3.05, 3.63) is 64.5 Å². The van der Waals surface area contributed by atoms with Gasteiger partial charge in [0.2, 0.25) is 0 Å². The Hall–Kier alpha value is -2.89. The third-order valence-electron chi connectivity index (χ3n) is 2.83. The zero-order valence-electron chi connectivity index (χ0n) is 17.0.